The molecule has 0 bridgehead atoms. The summed E-state index contributed by atoms with van der Waals surface area (Å²) >= 11 is 0. The van der Waals surface area contributed by atoms with E-state index < -0.39 is 11.9 Å². The van der Waals surface area contributed by atoms with Crippen molar-refractivity contribution in [3.63, 3.8) is 0 Å². The van der Waals surface area contributed by atoms with E-state index in [9.17, 15) is 14.4 Å². The van der Waals surface area contributed by atoms with E-state index in [0.29, 0.717) is 17.4 Å². The Morgan fingerprint density at radius 2 is 1.60 bits per heavy atom. The third-order valence-corrected chi connectivity index (χ3v) is 8.00. The van der Waals surface area contributed by atoms with E-state index in [1.54, 1.807) is 4.52 Å². The minimum absolute atomic E-state index is 0.0249. The van der Waals surface area contributed by atoms with Crippen LogP contribution >= 0.6 is 0 Å². The lowest BCUT2D eigenvalue weighted by atomic mass is 9.69. The maximum atomic E-state index is 13.7. The van der Waals surface area contributed by atoms with Crippen molar-refractivity contribution in [2.45, 2.75) is 54.0 Å². The van der Waals surface area contributed by atoms with Gasteiger partial charge in [-0.2, -0.15) is 0 Å². The number of benzene rings is 1. The highest BCUT2D eigenvalue weighted by atomic mass is 16.5. The Balaban J connectivity index is 1.83. The van der Waals surface area contributed by atoms with Crippen molar-refractivity contribution >= 4 is 29.2 Å². The average molecular weight is 578 g/mol. The number of nitrogens with zero attached hydrogens (tertiary/aromatic N) is 4. The number of methoxy groups -OCH3 is 2. The Labute approximate surface area is 245 Å². The number of ether oxygens (including phenoxy) is 3. The van der Waals surface area contributed by atoms with Crippen LogP contribution in [0.4, 0.5) is 5.69 Å². The van der Waals surface area contributed by atoms with Crippen LogP contribution in [-0.4, -0.2) is 64.7 Å². The van der Waals surface area contributed by atoms with Gasteiger partial charge in [-0.15, -0.1) is 0 Å². The van der Waals surface area contributed by atoms with Crippen LogP contribution in [0.15, 0.2) is 18.2 Å². The molecule has 42 heavy (non-hydrogen) atoms. The number of aromatic nitrogens is 3. The summed E-state index contributed by atoms with van der Waals surface area (Å²) in [7, 11) is 2.52. The SMILES string of the molecule is [C-]#[N+]c1c(OC(=O)C2C(C)CC(C)CC2C)c2nc(-c3cc(C)cc(C)c3)[nH]n2c1CN(CC(=O)OC)CC(=O)OC. The predicted molar refractivity (Wildman–Crippen MR) is 156 cm³/mol. The molecule has 1 N–H and O–H groups in total. The maximum Gasteiger partial charge on any atom is 0.319 e. The molecule has 0 aliphatic heterocycles. The fourth-order valence-corrected chi connectivity index (χ4v) is 6.35. The predicted octanol–water partition coefficient (Wildman–Crippen LogP) is 4.87. The molecule has 1 fully saturated rings. The topological polar surface area (TPSA) is 120 Å². The first-order valence-corrected chi connectivity index (χ1v) is 14.1. The molecule has 0 spiro atoms. The van der Waals surface area contributed by atoms with E-state index in [1.165, 1.54) is 19.1 Å². The molecule has 2 aromatic heterocycles. The Morgan fingerprint density at radius 1 is 1.02 bits per heavy atom. The third-order valence-electron chi connectivity index (χ3n) is 8.00. The molecule has 11 nitrogen and oxygen atoms in total. The molecule has 2 heterocycles. The summed E-state index contributed by atoms with van der Waals surface area (Å²) in [5, 5.41) is 3.26. The van der Waals surface area contributed by atoms with Crippen molar-refractivity contribution in [3.05, 3.63) is 46.4 Å². The van der Waals surface area contributed by atoms with Crippen molar-refractivity contribution in [3.8, 4) is 17.1 Å². The van der Waals surface area contributed by atoms with Crippen LogP contribution in [-0.2, 0) is 30.4 Å². The quantitative estimate of drug-likeness (QED) is 0.283. The largest absolute Gasteiger partial charge is 0.468 e. The smallest absolute Gasteiger partial charge is 0.319 e. The Bertz CT molecular complexity index is 1480. The van der Waals surface area contributed by atoms with Crippen LogP contribution in [0.2, 0.25) is 0 Å². The van der Waals surface area contributed by atoms with Crippen molar-refractivity contribution < 1.29 is 28.6 Å². The molecule has 0 radical (unpaired) electrons. The fourth-order valence-electron chi connectivity index (χ4n) is 6.35. The summed E-state index contributed by atoms with van der Waals surface area (Å²) in [5.74, 6) is -0.451. The number of rotatable bonds is 9. The van der Waals surface area contributed by atoms with Gasteiger partial charge in [-0.3, -0.25) is 24.4 Å². The third kappa shape index (κ3) is 6.49. The number of hydrogen-bond donors (Lipinski definition) is 1. The van der Waals surface area contributed by atoms with Gasteiger partial charge in [0, 0.05) is 12.1 Å². The Morgan fingerprint density at radius 3 is 2.12 bits per heavy atom. The van der Waals surface area contributed by atoms with E-state index in [4.69, 9.17) is 25.8 Å². The first-order valence-electron chi connectivity index (χ1n) is 14.1. The number of H-pyrrole nitrogens is 1. The van der Waals surface area contributed by atoms with Crippen LogP contribution in [0, 0.1) is 44.1 Å². The molecule has 224 valence electrons. The molecule has 0 saturated heterocycles. The van der Waals surface area contributed by atoms with E-state index in [-0.39, 0.29) is 60.4 Å². The van der Waals surface area contributed by atoms with Gasteiger partial charge < -0.3 is 14.2 Å². The average Bonchev–Trinajstić information content (AvgIpc) is 3.45. The lowest BCUT2D eigenvalue weighted by molar-refractivity contribution is -0.146. The molecule has 1 saturated carbocycles. The zero-order valence-corrected chi connectivity index (χ0v) is 25.3. The van der Waals surface area contributed by atoms with Gasteiger partial charge in [-0.05, 0) is 56.6 Å². The summed E-state index contributed by atoms with van der Waals surface area (Å²) < 4.78 is 17.3. The molecule has 2 atom stereocenters. The van der Waals surface area contributed by atoms with E-state index in [1.807, 2.05) is 26.0 Å². The molecule has 4 rings (SSSR count). The number of carbonyl (C=O) groups is 3. The van der Waals surface area contributed by atoms with Crippen molar-refractivity contribution in [1.82, 2.24) is 19.5 Å². The highest BCUT2D eigenvalue weighted by Gasteiger charge is 2.39. The summed E-state index contributed by atoms with van der Waals surface area (Å²) in [6.45, 7) is 17.9. The highest BCUT2D eigenvalue weighted by Crippen LogP contribution is 2.43. The van der Waals surface area contributed by atoms with Gasteiger partial charge in [0.05, 0.1) is 45.5 Å². The molecular formula is C31H39N5O6. The van der Waals surface area contributed by atoms with Crippen LogP contribution in [0.5, 0.6) is 5.75 Å². The number of aromatic amines is 1. The van der Waals surface area contributed by atoms with Crippen molar-refractivity contribution in [2.75, 3.05) is 27.3 Å². The lowest BCUT2D eigenvalue weighted by Crippen LogP contribution is -2.37. The first-order chi connectivity index (χ1) is 19.9. The number of carbonyl (C=O) groups excluding carboxylic acids is 3. The van der Waals surface area contributed by atoms with Crippen LogP contribution < -0.4 is 4.74 Å². The van der Waals surface area contributed by atoms with Crippen molar-refractivity contribution in [2.24, 2.45) is 23.7 Å². The van der Waals surface area contributed by atoms with Gasteiger partial charge in [0.25, 0.3) is 5.69 Å². The minimum atomic E-state index is -0.558. The first kappa shape index (κ1) is 30.8. The van der Waals surface area contributed by atoms with Gasteiger partial charge in [0.15, 0.2) is 17.2 Å². The second-order valence-electron chi connectivity index (χ2n) is 11.6. The van der Waals surface area contributed by atoms with Gasteiger partial charge in [-0.1, -0.05) is 38.0 Å². The molecule has 1 aliphatic carbocycles. The second kappa shape index (κ2) is 12.8. The van der Waals surface area contributed by atoms with E-state index in [0.717, 1.165) is 29.5 Å². The highest BCUT2D eigenvalue weighted by molar-refractivity contribution is 5.85. The number of aryl methyl sites for hydroxylation is 2. The zero-order chi connectivity index (χ0) is 30.7. The molecule has 1 aromatic carbocycles. The summed E-state index contributed by atoms with van der Waals surface area (Å²) in [6.07, 6.45) is 1.84. The molecule has 11 heteroatoms. The Kier molecular flexibility index (Phi) is 9.36. The minimum Gasteiger partial charge on any atom is -0.468 e. The number of hydrogen-bond acceptors (Lipinski definition) is 8. The summed E-state index contributed by atoms with van der Waals surface area (Å²) in [6, 6.07) is 6.03. The van der Waals surface area contributed by atoms with E-state index in [2.05, 4.69) is 36.8 Å². The fraction of sp³-hybridized carbons (Fsp3) is 0.516. The monoisotopic (exact) mass is 577 g/mol. The lowest BCUT2D eigenvalue weighted by Gasteiger charge is -2.36. The van der Waals surface area contributed by atoms with Gasteiger partial charge in [-0.25, -0.2) is 14.3 Å². The van der Waals surface area contributed by atoms with E-state index >= 15 is 0 Å². The van der Waals surface area contributed by atoms with Crippen molar-refractivity contribution in [1.29, 1.82) is 0 Å². The van der Waals surface area contributed by atoms with Crippen LogP contribution in [0.25, 0.3) is 21.9 Å². The standard InChI is InChI=1S/C31H39N5O6/c1-17-9-18(2)13-22(12-17)29-33-30-28(42-31(39)26-20(4)10-19(3)11-21(26)5)27(32-6)23(36(30)34-29)14-35(15-24(37)40-7)16-25(38)41-8/h9,12-13,19-21,26H,10-11,14-16H2,1-5,7-8H3,(H,33,34). The molecule has 0 amide bonds. The second-order valence-corrected chi connectivity index (χ2v) is 11.6. The van der Waals surface area contributed by atoms with Gasteiger partial charge in [0.2, 0.25) is 0 Å². The summed E-state index contributed by atoms with van der Waals surface area (Å²) in [5.41, 5.74) is 3.68. The van der Waals surface area contributed by atoms with Crippen LogP contribution in [0.1, 0.15) is 50.4 Å². The summed E-state index contributed by atoms with van der Waals surface area (Å²) in [4.78, 5) is 48.1. The number of nitrogens with one attached hydrogen (secondary N) is 1. The Hall–Kier alpha value is -4.17. The van der Waals surface area contributed by atoms with Gasteiger partial charge in [0.1, 0.15) is 0 Å². The zero-order valence-electron chi connectivity index (χ0n) is 25.3. The molecular weight excluding hydrogens is 538 g/mol. The molecule has 2 unspecified atom stereocenters. The molecule has 1 aliphatic rings. The molecule has 3 aromatic rings. The number of esters is 3. The normalized spacial score (nSPS) is 20.4. The number of fused-ring (bicyclic) bond motifs is 1. The maximum absolute atomic E-state index is 13.7. The van der Waals surface area contributed by atoms with Gasteiger partial charge >= 0.3 is 17.9 Å². The van der Waals surface area contributed by atoms with Crippen LogP contribution in [0.3, 0.4) is 0 Å².